The lowest BCUT2D eigenvalue weighted by atomic mass is 10.0. The third kappa shape index (κ3) is 5.21. The van der Waals surface area contributed by atoms with Gasteiger partial charge >= 0.3 is 0 Å². The first-order chi connectivity index (χ1) is 19.3. The Labute approximate surface area is 229 Å². The molecular weight excluding hydrogens is 472 g/mol. The van der Waals surface area contributed by atoms with Gasteiger partial charge in [-0.05, 0) is 81.9 Å². The summed E-state index contributed by atoms with van der Waals surface area (Å²) in [4.78, 5) is 2.28. The Morgan fingerprint density at radius 2 is 0.615 bits per heavy atom. The van der Waals surface area contributed by atoms with Gasteiger partial charge in [-0.2, -0.15) is 5.26 Å². The highest BCUT2D eigenvalue weighted by Gasteiger charge is 2.13. The molecule has 2 nitrogen and oxygen atoms in total. The summed E-state index contributed by atoms with van der Waals surface area (Å²) in [6.07, 6.45) is 0. The van der Waals surface area contributed by atoms with E-state index in [1.807, 2.05) is 36.4 Å². The molecule has 0 aliphatic rings. The SMILES string of the molecule is N#Cc1ccc(-c2ccc(N(c3ccc(-c4ccccc4)cc3)c3ccc(-c4ccccc4)cc3)cc2)cc1. The average Bonchev–Trinajstić information content (AvgIpc) is 3.03. The summed E-state index contributed by atoms with van der Waals surface area (Å²) in [6.45, 7) is 0. The minimum Gasteiger partial charge on any atom is -0.311 e. The van der Waals surface area contributed by atoms with Gasteiger partial charge in [-0.25, -0.2) is 0 Å². The summed E-state index contributed by atoms with van der Waals surface area (Å²) in [5, 5.41) is 9.12. The summed E-state index contributed by atoms with van der Waals surface area (Å²) in [6, 6.07) is 56.8. The monoisotopic (exact) mass is 498 g/mol. The van der Waals surface area contributed by atoms with Crippen molar-refractivity contribution in [2.24, 2.45) is 0 Å². The fourth-order valence-electron chi connectivity index (χ4n) is 4.85. The molecule has 0 atom stereocenters. The molecule has 2 heteroatoms. The van der Waals surface area contributed by atoms with Crippen LogP contribution in [0.15, 0.2) is 158 Å². The van der Waals surface area contributed by atoms with Crippen molar-refractivity contribution in [3.05, 3.63) is 163 Å². The van der Waals surface area contributed by atoms with Gasteiger partial charge in [-0.1, -0.05) is 109 Å². The molecular formula is C37H26N2. The smallest absolute Gasteiger partial charge is 0.0991 e. The van der Waals surface area contributed by atoms with Gasteiger partial charge in [0.1, 0.15) is 0 Å². The molecule has 0 bridgehead atoms. The molecule has 0 saturated carbocycles. The topological polar surface area (TPSA) is 27.0 Å². The molecule has 0 heterocycles. The lowest BCUT2D eigenvalue weighted by Crippen LogP contribution is -2.09. The van der Waals surface area contributed by atoms with Crippen LogP contribution in [0.1, 0.15) is 5.56 Å². The summed E-state index contributed by atoms with van der Waals surface area (Å²) in [7, 11) is 0. The molecule has 0 saturated heterocycles. The van der Waals surface area contributed by atoms with Crippen LogP contribution in [0.4, 0.5) is 17.1 Å². The van der Waals surface area contributed by atoms with Gasteiger partial charge in [0.05, 0.1) is 11.6 Å². The molecule has 6 rings (SSSR count). The summed E-state index contributed by atoms with van der Waals surface area (Å²) in [5.41, 5.74) is 10.9. The molecule has 0 aliphatic carbocycles. The second-order valence-electron chi connectivity index (χ2n) is 9.40. The molecule has 6 aromatic carbocycles. The Balaban J connectivity index is 1.37. The number of rotatable bonds is 6. The minimum atomic E-state index is 0.666. The predicted molar refractivity (Wildman–Crippen MR) is 162 cm³/mol. The van der Waals surface area contributed by atoms with Crippen molar-refractivity contribution >= 4 is 17.1 Å². The number of hydrogen-bond donors (Lipinski definition) is 0. The third-order valence-corrected chi connectivity index (χ3v) is 6.94. The molecule has 0 radical (unpaired) electrons. The van der Waals surface area contributed by atoms with Crippen molar-refractivity contribution in [2.45, 2.75) is 0 Å². The van der Waals surface area contributed by atoms with Gasteiger partial charge in [-0.3, -0.25) is 0 Å². The highest BCUT2D eigenvalue weighted by atomic mass is 15.1. The van der Waals surface area contributed by atoms with E-state index in [2.05, 4.69) is 132 Å². The van der Waals surface area contributed by atoms with Crippen LogP contribution in [-0.4, -0.2) is 0 Å². The summed E-state index contributed by atoms with van der Waals surface area (Å²) in [5.74, 6) is 0. The number of benzene rings is 6. The number of hydrogen-bond acceptors (Lipinski definition) is 2. The fraction of sp³-hybridized carbons (Fsp3) is 0. The molecule has 39 heavy (non-hydrogen) atoms. The first-order valence-corrected chi connectivity index (χ1v) is 13.0. The van der Waals surface area contributed by atoms with Gasteiger partial charge in [0.25, 0.3) is 0 Å². The average molecular weight is 499 g/mol. The summed E-state index contributed by atoms with van der Waals surface area (Å²) >= 11 is 0. The van der Waals surface area contributed by atoms with Gasteiger partial charge in [0.2, 0.25) is 0 Å². The molecule has 0 unspecified atom stereocenters. The zero-order valence-corrected chi connectivity index (χ0v) is 21.4. The first-order valence-electron chi connectivity index (χ1n) is 13.0. The van der Waals surface area contributed by atoms with Gasteiger partial charge in [0, 0.05) is 17.1 Å². The molecule has 0 spiro atoms. The predicted octanol–water partition coefficient (Wildman–Crippen LogP) is 10.0. The molecule has 184 valence electrons. The highest BCUT2D eigenvalue weighted by molar-refractivity contribution is 5.81. The van der Waals surface area contributed by atoms with E-state index in [9.17, 15) is 0 Å². The van der Waals surface area contributed by atoms with Crippen LogP contribution >= 0.6 is 0 Å². The Morgan fingerprint density at radius 1 is 0.333 bits per heavy atom. The third-order valence-electron chi connectivity index (χ3n) is 6.94. The van der Waals surface area contributed by atoms with Crippen LogP contribution in [0, 0.1) is 11.3 Å². The van der Waals surface area contributed by atoms with E-state index in [4.69, 9.17) is 5.26 Å². The second-order valence-corrected chi connectivity index (χ2v) is 9.40. The van der Waals surface area contributed by atoms with Crippen molar-refractivity contribution < 1.29 is 0 Å². The lowest BCUT2D eigenvalue weighted by molar-refractivity contribution is 1.28. The maximum absolute atomic E-state index is 9.12. The Morgan fingerprint density at radius 3 is 0.923 bits per heavy atom. The van der Waals surface area contributed by atoms with Crippen molar-refractivity contribution in [1.29, 1.82) is 5.26 Å². The van der Waals surface area contributed by atoms with Gasteiger partial charge in [0.15, 0.2) is 0 Å². The van der Waals surface area contributed by atoms with E-state index in [1.165, 1.54) is 22.3 Å². The molecule has 0 aliphatic heterocycles. The van der Waals surface area contributed by atoms with Crippen molar-refractivity contribution in [2.75, 3.05) is 4.90 Å². The van der Waals surface area contributed by atoms with Crippen LogP contribution in [0.5, 0.6) is 0 Å². The molecule has 0 fully saturated rings. The van der Waals surface area contributed by atoms with Crippen LogP contribution in [0.25, 0.3) is 33.4 Å². The van der Waals surface area contributed by atoms with E-state index >= 15 is 0 Å². The molecule has 0 N–H and O–H groups in total. The Bertz CT molecular complexity index is 1610. The minimum absolute atomic E-state index is 0.666. The van der Waals surface area contributed by atoms with Crippen molar-refractivity contribution in [3.8, 4) is 39.4 Å². The largest absolute Gasteiger partial charge is 0.311 e. The van der Waals surface area contributed by atoms with Crippen molar-refractivity contribution in [3.63, 3.8) is 0 Å². The van der Waals surface area contributed by atoms with Gasteiger partial charge < -0.3 is 4.90 Å². The summed E-state index contributed by atoms with van der Waals surface area (Å²) < 4.78 is 0. The molecule has 0 aromatic heterocycles. The molecule has 6 aromatic rings. The zero-order chi connectivity index (χ0) is 26.4. The zero-order valence-electron chi connectivity index (χ0n) is 21.4. The maximum atomic E-state index is 9.12. The van der Waals surface area contributed by atoms with Gasteiger partial charge in [-0.15, -0.1) is 0 Å². The standard InChI is InChI=1S/C37H26N2/c38-27-28-11-13-31(14-12-28)34-19-25-37(26-20-34)39(35-21-15-32(16-22-35)29-7-3-1-4-8-29)36-23-17-33(18-24-36)30-9-5-2-6-10-30/h1-26H. The Hall–Kier alpha value is -5.39. The van der Waals surface area contributed by atoms with E-state index in [0.29, 0.717) is 5.56 Å². The lowest BCUT2D eigenvalue weighted by Gasteiger charge is -2.26. The van der Waals surface area contributed by atoms with E-state index in [0.717, 1.165) is 28.2 Å². The number of nitrogens with zero attached hydrogens (tertiary/aromatic N) is 2. The Kier molecular flexibility index (Phi) is 6.72. The first kappa shape index (κ1) is 24.0. The number of nitriles is 1. The van der Waals surface area contributed by atoms with E-state index < -0.39 is 0 Å². The van der Waals surface area contributed by atoms with E-state index in [-0.39, 0.29) is 0 Å². The van der Waals surface area contributed by atoms with Crippen LogP contribution in [-0.2, 0) is 0 Å². The van der Waals surface area contributed by atoms with E-state index in [1.54, 1.807) is 0 Å². The van der Waals surface area contributed by atoms with Crippen LogP contribution < -0.4 is 4.90 Å². The molecule has 0 amide bonds. The maximum Gasteiger partial charge on any atom is 0.0991 e. The second kappa shape index (κ2) is 10.9. The quantitative estimate of drug-likeness (QED) is 0.228. The van der Waals surface area contributed by atoms with Crippen LogP contribution in [0.2, 0.25) is 0 Å². The normalized spacial score (nSPS) is 10.5. The fourth-order valence-corrected chi connectivity index (χ4v) is 4.85. The number of anilines is 3. The highest BCUT2D eigenvalue weighted by Crippen LogP contribution is 2.37. The van der Waals surface area contributed by atoms with Crippen LogP contribution in [0.3, 0.4) is 0 Å². The van der Waals surface area contributed by atoms with Crippen molar-refractivity contribution in [1.82, 2.24) is 0 Å².